The minimum absolute atomic E-state index is 0.143. The number of phenolic OH excluding ortho intramolecular Hbond substituents is 1. The number of hydrogen-bond donors (Lipinski definition) is 2. The van der Waals surface area contributed by atoms with Crippen LogP contribution in [-0.4, -0.2) is 21.0 Å². The lowest BCUT2D eigenvalue weighted by molar-refractivity contribution is 0.0933. The van der Waals surface area contributed by atoms with Crippen LogP contribution in [0.1, 0.15) is 33.9 Å². The molecular formula is C20H17N3O3. The van der Waals surface area contributed by atoms with Crippen LogP contribution >= 0.6 is 0 Å². The van der Waals surface area contributed by atoms with Gasteiger partial charge in [-0.1, -0.05) is 12.1 Å². The van der Waals surface area contributed by atoms with Crippen LogP contribution in [0.5, 0.6) is 17.4 Å². The average molecular weight is 347 g/mol. The molecule has 0 spiro atoms. The second-order valence-corrected chi connectivity index (χ2v) is 6.06. The summed E-state index contributed by atoms with van der Waals surface area (Å²) in [6.45, 7) is 0. The van der Waals surface area contributed by atoms with Crippen LogP contribution in [0, 0.1) is 0 Å². The van der Waals surface area contributed by atoms with Crippen LogP contribution < -0.4 is 10.1 Å². The number of aromatic nitrogens is 2. The Morgan fingerprint density at radius 1 is 1.15 bits per heavy atom. The van der Waals surface area contributed by atoms with Gasteiger partial charge < -0.3 is 15.2 Å². The standard InChI is InChI=1S/C20H17N3O3/c24-18-7-1-5-14-15(18)8-9-17(14)23-19(25)16-6-3-11-22-20(16)26-13-4-2-10-21-12-13/h1-7,10-12,17,24H,8-9H2,(H,23,25). The number of hydrogen-bond acceptors (Lipinski definition) is 5. The van der Waals surface area contributed by atoms with Crippen molar-refractivity contribution in [2.24, 2.45) is 0 Å². The van der Waals surface area contributed by atoms with E-state index in [0.717, 1.165) is 24.0 Å². The van der Waals surface area contributed by atoms with E-state index < -0.39 is 0 Å². The van der Waals surface area contributed by atoms with Gasteiger partial charge in [-0.3, -0.25) is 9.78 Å². The molecule has 3 aromatic rings. The number of ether oxygens (including phenoxy) is 1. The first-order valence-corrected chi connectivity index (χ1v) is 8.37. The summed E-state index contributed by atoms with van der Waals surface area (Å²) < 4.78 is 5.71. The van der Waals surface area contributed by atoms with Crippen molar-refractivity contribution < 1.29 is 14.6 Å². The Kier molecular flexibility index (Phi) is 4.23. The van der Waals surface area contributed by atoms with Gasteiger partial charge >= 0.3 is 0 Å². The van der Waals surface area contributed by atoms with Crippen LogP contribution in [0.2, 0.25) is 0 Å². The Bertz CT molecular complexity index is 944. The van der Waals surface area contributed by atoms with Gasteiger partial charge in [0.15, 0.2) is 0 Å². The molecule has 1 amide bonds. The molecule has 130 valence electrons. The Hall–Kier alpha value is -3.41. The van der Waals surface area contributed by atoms with Crippen molar-refractivity contribution in [1.82, 2.24) is 15.3 Å². The molecule has 0 fully saturated rings. The summed E-state index contributed by atoms with van der Waals surface area (Å²) in [4.78, 5) is 21.0. The van der Waals surface area contributed by atoms with E-state index in [1.54, 1.807) is 55.0 Å². The smallest absolute Gasteiger partial charge is 0.257 e. The summed E-state index contributed by atoms with van der Waals surface area (Å²) in [7, 11) is 0. The molecule has 6 nitrogen and oxygen atoms in total. The highest BCUT2D eigenvalue weighted by atomic mass is 16.5. The van der Waals surface area contributed by atoms with Crippen LogP contribution in [0.3, 0.4) is 0 Å². The van der Waals surface area contributed by atoms with E-state index in [2.05, 4.69) is 15.3 Å². The quantitative estimate of drug-likeness (QED) is 0.756. The van der Waals surface area contributed by atoms with Gasteiger partial charge in [0, 0.05) is 12.4 Å². The third-order valence-electron chi connectivity index (χ3n) is 4.42. The largest absolute Gasteiger partial charge is 0.508 e. The average Bonchev–Trinajstić information content (AvgIpc) is 3.07. The van der Waals surface area contributed by atoms with Gasteiger partial charge in [-0.15, -0.1) is 0 Å². The molecule has 2 heterocycles. The number of carbonyl (C=O) groups excluding carboxylic acids is 1. The number of phenols is 1. The van der Waals surface area contributed by atoms with Crippen molar-refractivity contribution in [2.45, 2.75) is 18.9 Å². The van der Waals surface area contributed by atoms with E-state index in [1.807, 2.05) is 6.07 Å². The molecule has 2 aromatic heterocycles. The van der Waals surface area contributed by atoms with E-state index in [0.29, 0.717) is 11.3 Å². The molecule has 0 saturated heterocycles. The summed E-state index contributed by atoms with van der Waals surface area (Å²) in [5, 5.41) is 13.0. The van der Waals surface area contributed by atoms with Gasteiger partial charge in [-0.25, -0.2) is 4.98 Å². The monoisotopic (exact) mass is 347 g/mol. The lowest BCUT2D eigenvalue weighted by Crippen LogP contribution is -2.27. The number of carbonyl (C=O) groups is 1. The second-order valence-electron chi connectivity index (χ2n) is 6.06. The van der Waals surface area contributed by atoms with E-state index in [1.165, 1.54) is 0 Å². The number of fused-ring (bicyclic) bond motifs is 1. The van der Waals surface area contributed by atoms with Gasteiger partial charge in [0.2, 0.25) is 5.88 Å². The minimum Gasteiger partial charge on any atom is -0.508 e. The maximum absolute atomic E-state index is 12.8. The lowest BCUT2D eigenvalue weighted by atomic mass is 10.1. The number of pyridine rings is 2. The summed E-state index contributed by atoms with van der Waals surface area (Å²) in [5.74, 6) is 0.753. The SMILES string of the molecule is O=C(NC1CCc2c(O)cccc21)c1cccnc1Oc1cccnc1. The summed E-state index contributed by atoms with van der Waals surface area (Å²) >= 11 is 0. The summed E-state index contributed by atoms with van der Waals surface area (Å²) in [6.07, 6.45) is 6.26. The van der Waals surface area contributed by atoms with Crippen molar-refractivity contribution in [2.75, 3.05) is 0 Å². The highest BCUT2D eigenvalue weighted by Crippen LogP contribution is 2.36. The highest BCUT2D eigenvalue weighted by Gasteiger charge is 2.27. The fourth-order valence-corrected chi connectivity index (χ4v) is 3.19. The van der Waals surface area contributed by atoms with E-state index in [4.69, 9.17) is 4.74 Å². The second kappa shape index (κ2) is 6.84. The van der Waals surface area contributed by atoms with Crippen LogP contribution in [0.15, 0.2) is 61.1 Å². The molecule has 26 heavy (non-hydrogen) atoms. The molecule has 0 bridgehead atoms. The summed E-state index contributed by atoms with van der Waals surface area (Å²) in [5.41, 5.74) is 2.21. The molecule has 0 aliphatic heterocycles. The maximum Gasteiger partial charge on any atom is 0.257 e. The Morgan fingerprint density at radius 3 is 2.88 bits per heavy atom. The lowest BCUT2D eigenvalue weighted by Gasteiger charge is -2.15. The van der Waals surface area contributed by atoms with Gasteiger partial charge in [0.25, 0.3) is 5.91 Å². The molecule has 1 unspecified atom stereocenters. The molecule has 1 atom stereocenters. The number of nitrogens with one attached hydrogen (secondary N) is 1. The van der Waals surface area contributed by atoms with Crippen LogP contribution in [0.25, 0.3) is 0 Å². The molecule has 2 N–H and O–H groups in total. The zero-order valence-electron chi connectivity index (χ0n) is 13.9. The zero-order valence-corrected chi connectivity index (χ0v) is 13.9. The fraction of sp³-hybridized carbons (Fsp3) is 0.150. The normalized spacial score (nSPS) is 15.3. The van der Waals surface area contributed by atoms with Crippen molar-refractivity contribution in [3.05, 3.63) is 77.7 Å². The minimum atomic E-state index is -0.266. The van der Waals surface area contributed by atoms with Crippen molar-refractivity contribution in [1.29, 1.82) is 0 Å². The number of amides is 1. The van der Waals surface area contributed by atoms with E-state index in [-0.39, 0.29) is 23.6 Å². The zero-order chi connectivity index (χ0) is 17.9. The third-order valence-corrected chi connectivity index (χ3v) is 4.42. The van der Waals surface area contributed by atoms with Gasteiger partial charge in [-0.05, 0) is 54.3 Å². The fourth-order valence-electron chi connectivity index (χ4n) is 3.19. The van der Waals surface area contributed by atoms with Gasteiger partial charge in [-0.2, -0.15) is 0 Å². The van der Waals surface area contributed by atoms with Crippen molar-refractivity contribution in [3.8, 4) is 17.4 Å². The molecular weight excluding hydrogens is 330 g/mol. The predicted octanol–water partition coefficient (Wildman–Crippen LogP) is 3.39. The maximum atomic E-state index is 12.8. The molecule has 6 heteroatoms. The first-order chi connectivity index (χ1) is 12.7. The van der Waals surface area contributed by atoms with Gasteiger partial charge in [0.1, 0.15) is 17.1 Å². The topological polar surface area (TPSA) is 84.3 Å². The molecule has 1 aromatic carbocycles. The van der Waals surface area contributed by atoms with Crippen LogP contribution in [-0.2, 0) is 6.42 Å². The number of rotatable bonds is 4. The van der Waals surface area contributed by atoms with E-state index >= 15 is 0 Å². The Balaban J connectivity index is 1.56. The van der Waals surface area contributed by atoms with Crippen LogP contribution in [0.4, 0.5) is 0 Å². The molecule has 1 aliphatic carbocycles. The summed E-state index contributed by atoms with van der Waals surface area (Å²) in [6, 6.07) is 12.1. The van der Waals surface area contributed by atoms with E-state index in [9.17, 15) is 9.90 Å². The molecule has 4 rings (SSSR count). The number of aromatic hydroxyl groups is 1. The van der Waals surface area contributed by atoms with Gasteiger partial charge in [0.05, 0.1) is 12.2 Å². The molecule has 0 radical (unpaired) electrons. The molecule has 0 saturated carbocycles. The first-order valence-electron chi connectivity index (χ1n) is 8.37. The predicted molar refractivity (Wildman–Crippen MR) is 95.2 cm³/mol. The Labute approximate surface area is 150 Å². The highest BCUT2D eigenvalue weighted by molar-refractivity contribution is 5.96. The molecule has 1 aliphatic rings. The Morgan fingerprint density at radius 2 is 2.04 bits per heavy atom. The third kappa shape index (κ3) is 3.09. The van der Waals surface area contributed by atoms with Crippen molar-refractivity contribution in [3.63, 3.8) is 0 Å². The first kappa shape index (κ1) is 16.1. The van der Waals surface area contributed by atoms with Crippen molar-refractivity contribution >= 4 is 5.91 Å². The number of nitrogens with zero attached hydrogens (tertiary/aromatic N) is 2. The number of benzene rings is 1.